The monoisotopic (exact) mass is 322 g/mol. The molecule has 7 heteroatoms. The maximum absolute atomic E-state index is 11.7. The highest BCUT2D eigenvalue weighted by Gasteiger charge is 2.14. The second-order valence-electron chi connectivity index (χ2n) is 5.13. The van der Waals surface area contributed by atoms with E-state index in [1.807, 2.05) is 13.1 Å². The Bertz CT molecular complexity index is 571. The van der Waals surface area contributed by atoms with Crippen molar-refractivity contribution in [1.82, 2.24) is 21.1 Å². The van der Waals surface area contributed by atoms with E-state index in [0.29, 0.717) is 5.02 Å². The van der Waals surface area contributed by atoms with E-state index in [0.717, 1.165) is 30.8 Å². The number of amides is 2. The summed E-state index contributed by atoms with van der Waals surface area (Å²) in [6.07, 6.45) is 2.79. The molecule has 0 bridgehead atoms. The van der Waals surface area contributed by atoms with Crippen LogP contribution in [-0.4, -0.2) is 36.9 Å². The summed E-state index contributed by atoms with van der Waals surface area (Å²) < 4.78 is 0. The molecular formula is C15H19ClN4O2. The molecule has 0 spiro atoms. The summed E-state index contributed by atoms with van der Waals surface area (Å²) in [7, 11) is 2.02. The van der Waals surface area contributed by atoms with Crippen LogP contribution in [0.25, 0.3) is 0 Å². The lowest BCUT2D eigenvalue weighted by Gasteiger charge is -2.22. The van der Waals surface area contributed by atoms with Gasteiger partial charge in [0.05, 0.1) is 0 Å². The normalized spacial score (nSPS) is 14.9. The summed E-state index contributed by atoms with van der Waals surface area (Å²) in [5.41, 5.74) is 6.97. The van der Waals surface area contributed by atoms with Crippen LogP contribution in [0.15, 0.2) is 36.0 Å². The molecule has 2 rings (SSSR count). The number of carbonyl (C=O) groups is 2. The number of hydrazine groups is 1. The molecular weight excluding hydrogens is 304 g/mol. The van der Waals surface area contributed by atoms with Gasteiger partial charge in [0, 0.05) is 36.8 Å². The van der Waals surface area contributed by atoms with Crippen LogP contribution in [-0.2, 0) is 16.1 Å². The van der Waals surface area contributed by atoms with Crippen molar-refractivity contribution in [3.63, 3.8) is 0 Å². The van der Waals surface area contributed by atoms with Crippen LogP contribution in [0.3, 0.4) is 0 Å². The Kier molecular flexibility index (Phi) is 5.80. The van der Waals surface area contributed by atoms with E-state index in [4.69, 9.17) is 11.6 Å². The number of benzene rings is 1. The van der Waals surface area contributed by atoms with Crippen molar-refractivity contribution in [3.05, 3.63) is 46.6 Å². The molecule has 3 N–H and O–H groups in total. The van der Waals surface area contributed by atoms with Gasteiger partial charge in [-0.3, -0.25) is 15.0 Å². The molecule has 0 atom stereocenters. The predicted octanol–water partition coefficient (Wildman–Crippen LogP) is 0.796. The van der Waals surface area contributed by atoms with Gasteiger partial charge in [0.2, 0.25) is 0 Å². The Balaban J connectivity index is 1.73. The van der Waals surface area contributed by atoms with E-state index < -0.39 is 11.8 Å². The van der Waals surface area contributed by atoms with Crippen molar-refractivity contribution >= 4 is 23.4 Å². The lowest BCUT2D eigenvalue weighted by Crippen LogP contribution is -2.46. The van der Waals surface area contributed by atoms with E-state index in [9.17, 15) is 9.59 Å². The first-order valence-electron chi connectivity index (χ1n) is 7.01. The van der Waals surface area contributed by atoms with Gasteiger partial charge in [-0.05, 0) is 30.8 Å². The van der Waals surface area contributed by atoms with Crippen LogP contribution >= 0.6 is 11.6 Å². The Morgan fingerprint density at radius 2 is 1.95 bits per heavy atom. The van der Waals surface area contributed by atoms with Gasteiger partial charge in [-0.15, -0.1) is 0 Å². The maximum atomic E-state index is 11.7. The van der Waals surface area contributed by atoms with E-state index >= 15 is 0 Å². The minimum absolute atomic E-state index is 0.275. The SMILES string of the molecule is CN1CC=C(NNC(=O)C(=O)NCc2ccc(Cl)cc2)CC1. The summed E-state index contributed by atoms with van der Waals surface area (Å²) in [5.74, 6) is -1.40. The van der Waals surface area contributed by atoms with Crippen LogP contribution < -0.4 is 16.2 Å². The van der Waals surface area contributed by atoms with Crippen molar-refractivity contribution in [2.75, 3.05) is 20.1 Å². The number of rotatable bonds is 4. The minimum atomic E-state index is -0.714. The third-order valence-electron chi connectivity index (χ3n) is 3.32. The lowest BCUT2D eigenvalue weighted by molar-refractivity contribution is -0.139. The van der Waals surface area contributed by atoms with Crippen LogP contribution in [0.4, 0.5) is 0 Å². The third kappa shape index (κ3) is 5.05. The van der Waals surface area contributed by atoms with Gasteiger partial charge in [0.25, 0.3) is 0 Å². The van der Waals surface area contributed by atoms with Crippen molar-refractivity contribution < 1.29 is 9.59 Å². The first-order chi connectivity index (χ1) is 10.5. The first-order valence-corrected chi connectivity index (χ1v) is 7.38. The minimum Gasteiger partial charge on any atom is -0.344 e. The van der Waals surface area contributed by atoms with Gasteiger partial charge in [0.1, 0.15) is 0 Å². The molecule has 2 amide bonds. The van der Waals surface area contributed by atoms with Gasteiger partial charge in [-0.2, -0.15) is 0 Å². The summed E-state index contributed by atoms with van der Waals surface area (Å²) in [6, 6.07) is 7.05. The van der Waals surface area contributed by atoms with Gasteiger partial charge < -0.3 is 15.6 Å². The molecule has 0 aromatic heterocycles. The smallest absolute Gasteiger partial charge is 0.327 e. The summed E-state index contributed by atoms with van der Waals surface area (Å²) in [5, 5.41) is 3.18. The Morgan fingerprint density at radius 1 is 1.23 bits per heavy atom. The molecule has 0 fully saturated rings. The number of carbonyl (C=O) groups excluding carboxylic acids is 2. The number of nitrogens with zero attached hydrogens (tertiary/aromatic N) is 1. The molecule has 1 aromatic carbocycles. The molecule has 22 heavy (non-hydrogen) atoms. The number of likely N-dealkylation sites (N-methyl/N-ethyl adjacent to an activating group) is 1. The van der Waals surface area contributed by atoms with Crippen molar-refractivity contribution in [2.45, 2.75) is 13.0 Å². The molecule has 6 nitrogen and oxygen atoms in total. The fourth-order valence-corrected chi connectivity index (χ4v) is 2.07. The molecule has 1 aromatic rings. The second-order valence-corrected chi connectivity index (χ2v) is 5.57. The molecule has 0 saturated carbocycles. The lowest BCUT2D eigenvalue weighted by atomic mass is 10.2. The molecule has 0 aliphatic carbocycles. The zero-order valence-corrected chi connectivity index (χ0v) is 13.1. The fourth-order valence-electron chi connectivity index (χ4n) is 1.94. The van der Waals surface area contributed by atoms with E-state index in [1.165, 1.54) is 0 Å². The van der Waals surface area contributed by atoms with E-state index in [-0.39, 0.29) is 6.54 Å². The van der Waals surface area contributed by atoms with E-state index in [2.05, 4.69) is 21.1 Å². The molecule has 1 heterocycles. The highest BCUT2D eigenvalue weighted by atomic mass is 35.5. The Morgan fingerprint density at radius 3 is 2.59 bits per heavy atom. The maximum Gasteiger partial charge on any atom is 0.327 e. The molecule has 118 valence electrons. The zero-order chi connectivity index (χ0) is 15.9. The standard InChI is InChI=1S/C15H19ClN4O2/c1-20-8-6-13(7-9-20)18-19-15(22)14(21)17-10-11-2-4-12(16)5-3-11/h2-6,18H,7-10H2,1H3,(H,17,21)(H,19,22). The highest BCUT2D eigenvalue weighted by molar-refractivity contribution is 6.34. The largest absolute Gasteiger partial charge is 0.344 e. The number of hydrogen-bond acceptors (Lipinski definition) is 4. The van der Waals surface area contributed by atoms with Crippen molar-refractivity contribution in [3.8, 4) is 0 Å². The second kappa shape index (κ2) is 7.82. The van der Waals surface area contributed by atoms with Crippen LogP contribution in [0.5, 0.6) is 0 Å². The number of nitrogens with one attached hydrogen (secondary N) is 3. The van der Waals surface area contributed by atoms with Gasteiger partial charge >= 0.3 is 11.8 Å². The first kappa shape index (κ1) is 16.3. The van der Waals surface area contributed by atoms with Gasteiger partial charge in [-0.25, -0.2) is 0 Å². The quantitative estimate of drug-likeness (QED) is 0.566. The Hall–Kier alpha value is -2.05. The Labute approximate surface area is 134 Å². The highest BCUT2D eigenvalue weighted by Crippen LogP contribution is 2.09. The molecule has 0 unspecified atom stereocenters. The zero-order valence-electron chi connectivity index (χ0n) is 12.4. The number of hydrogen-bond donors (Lipinski definition) is 3. The predicted molar refractivity (Wildman–Crippen MR) is 84.8 cm³/mol. The average molecular weight is 323 g/mol. The van der Waals surface area contributed by atoms with Crippen molar-refractivity contribution in [2.24, 2.45) is 0 Å². The van der Waals surface area contributed by atoms with Crippen LogP contribution in [0.1, 0.15) is 12.0 Å². The number of halogens is 1. The third-order valence-corrected chi connectivity index (χ3v) is 3.57. The summed E-state index contributed by atoms with van der Waals surface area (Å²) in [6.45, 7) is 2.01. The van der Waals surface area contributed by atoms with E-state index in [1.54, 1.807) is 24.3 Å². The average Bonchev–Trinajstić information content (AvgIpc) is 2.53. The van der Waals surface area contributed by atoms with Gasteiger partial charge in [0.15, 0.2) is 0 Å². The van der Waals surface area contributed by atoms with Crippen molar-refractivity contribution in [1.29, 1.82) is 0 Å². The van der Waals surface area contributed by atoms with Crippen LogP contribution in [0, 0.1) is 0 Å². The molecule has 0 radical (unpaired) electrons. The topological polar surface area (TPSA) is 73.5 Å². The summed E-state index contributed by atoms with van der Waals surface area (Å²) in [4.78, 5) is 25.5. The fraction of sp³-hybridized carbons (Fsp3) is 0.333. The van der Waals surface area contributed by atoms with Gasteiger partial charge in [-0.1, -0.05) is 23.7 Å². The summed E-state index contributed by atoms with van der Waals surface area (Å²) >= 11 is 5.78. The van der Waals surface area contributed by atoms with Crippen LogP contribution in [0.2, 0.25) is 5.02 Å². The molecule has 0 saturated heterocycles. The molecule has 1 aliphatic rings. The molecule has 1 aliphatic heterocycles.